The zero-order chi connectivity index (χ0) is 17.1. The van der Waals surface area contributed by atoms with Crippen molar-refractivity contribution in [3.63, 3.8) is 0 Å². The average Bonchev–Trinajstić information content (AvgIpc) is 3.05. The zero-order valence-electron chi connectivity index (χ0n) is 13.0. The number of aromatic amines is 1. The minimum Gasteiger partial charge on any atom is -0.481 e. The number of aromatic nitrogens is 2. The molecule has 2 N–H and O–H groups in total. The molecule has 1 saturated heterocycles. The van der Waals surface area contributed by atoms with Gasteiger partial charge in [-0.15, -0.1) is 0 Å². The number of rotatable bonds is 4. The van der Waals surface area contributed by atoms with E-state index in [2.05, 4.69) is 26.1 Å². The lowest BCUT2D eigenvalue weighted by Crippen LogP contribution is -2.39. The van der Waals surface area contributed by atoms with Gasteiger partial charge in [0.05, 0.1) is 5.69 Å². The SMILES string of the molecule is O=C(O)CC1CCN(C(=O)c2cc(-c3ccc(Br)cc3)n[nH]2)CC1. The number of hydrogen-bond donors (Lipinski definition) is 2. The molecule has 1 aromatic carbocycles. The topological polar surface area (TPSA) is 86.3 Å². The number of benzene rings is 1. The summed E-state index contributed by atoms with van der Waals surface area (Å²) in [5, 5.41) is 15.9. The minimum atomic E-state index is -0.771. The number of nitrogens with one attached hydrogen (secondary N) is 1. The summed E-state index contributed by atoms with van der Waals surface area (Å²) >= 11 is 3.39. The van der Waals surface area contributed by atoms with Crippen LogP contribution in [0.1, 0.15) is 29.8 Å². The Hall–Kier alpha value is -2.15. The number of hydrogen-bond acceptors (Lipinski definition) is 3. The lowest BCUT2D eigenvalue weighted by molar-refractivity contribution is -0.138. The van der Waals surface area contributed by atoms with E-state index < -0.39 is 5.97 Å². The van der Waals surface area contributed by atoms with Crippen LogP contribution in [0.3, 0.4) is 0 Å². The summed E-state index contributed by atoms with van der Waals surface area (Å²) in [7, 11) is 0. The number of piperidine rings is 1. The normalized spacial score (nSPS) is 15.5. The highest BCUT2D eigenvalue weighted by Gasteiger charge is 2.26. The summed E-state index contributed by atoms with van der Waals surface area (Å²) in [6.45, 7) is 1.17. The van der Waals surface area contributed by atoms with Crippen molar-refractivity contribution in [3.8, 4) is 11.3 Å². The molecule has 3 rings (SSSR count). The lowest BCUT2D eigenvalue weighted by Gasteiger charge is -2.30. The van der Waals surface area contributed by atoms with Gasteiger partial charge in [0.2, 0.25) is 0 Å². The molecule has 0 saturated carbocycles. The van der Waals surface area contributed by atoms with Gasteiger partial charge >= 0.3 is 5.97 Å². The number of aliphatic carboxylic acids is 1. The number of carbonyl (C=O) groups is 2. The van der Waals surface area contributed by atoms with Gasteiger partial charge in [-0.1, -0.05) is 28.1 Å². The van der Waals surface area contributed by atoms with Crippen molar-refractivity contribution in [2.45, 2.75) is 19.3 Å². The highest BCUT2D eigenvalue weighted by Crippen LogP contribution is 2.24. The molecule has 1 fully saturated rings. The molecule has 2 aromatic rings. The smallest absolute Gasteiger partial charge is 0.303 e. The van der Waals surface area contributed by atoms with E-state index in [-0.39, 0.29) is 18.2 Å². The summed E-state index contributed by atoms with van der Waals surface area (Å²) in [4.78, 5) is 25.1. The lowest BCUT2D eigenvalue weighted by atomic mass is 9.93. The Labute approximate surface area is 148 Å². The van der Waals surface area contributed by atoms with Crippen LogP contribution in [-0.4, -0.2) is 45.2 Å². The van der Waals surface area contributed by atoms with E-state index in [4.69, 9.17) is 5.11 Å². The predicted octanol–water partition coefficient (Wildman–Crippen LogP) is 3.17. The van der Waals surface area contributed by atoms with E-state index in [0.29, 0.717) is 18.8 Å². The molecular weight excluding hydrogens is 374 g/mol. The Balaban J connectivity index is 1.64. The van der Waals surface area contributed by atoms with Gasteiger partial charge in [0.1, 0.15) is 5.69 Å². The molecule has 0 radical (unpaired) electrons. The number of halogens is 1. The van der Waals surface area contributed by atoms with Gasteiger partial charge in [0, 0.05) is 29.5 Å². The van der Waals surface area contributed by atoms with Crippen LogP contribution in [-0.2, 0) is 4.79 Å². The largest absolute Gasteiger partial charge is 0.481 e. The molecule has 24 heavy (non-hydrogen) atoms. The van der Waals surface area contributed by atoms with Crippen LogP contribution in [0.25, 0.3) is 11.3 Å². The van der Waals surface area contributed by atoms with Crippen LogP contribution >= 0.6 is 15.9 Å². The van der Waals surface area contributed by atoms with Crippen molar-refractivity contribution >= 4 is 27.8 Å². The molecule has 1 aliphatic rings. The van der Waals surface area contributed by atoms with Crippen molar-refractivity contribution in [1.82, 2.24) is 15.1 Å². The first-order valence-electron chi connectivity index (χ1n) is 7.85. The molecule has 0 unspecified atom stereocenters. The third kappa shape index (κ3) is 3.84. The molecule has 0 spiro atoms. The third-order valence-electron chi connectivity index (χ3n) is 4.31. The number of nitrogens with zero attached hydrogens (tertiary/aromatic N) is 2. The maximum absolute atomic E-state index is 12.6. The molecule has 1 aliphatic heterocycles. The second-order valence-electron chi connectivity index (χ2n) is 6.01. The van der Waals surface area contributed by atoms with Crippen LogP contribution in [0.5, 0.6) is 0 Å². The standard InChI is InChI=1S/C17H18BrN3O3/c18-13-3-1-12(2-4-13)14-10-15(20-19-14)17(24)21-7-5-11(6-8-21)9-16(22)23/h1-4,10-11H,5-9H2,(H,19,20)(H,22,23). The Bertz CT molecular complexity index is 734. The average molecular weight is 392 g/mol. The molecule has 0 aliphatic carbocycles. The van der Waals surface area contributed by atoms with Gasteiger partial charge in [-0.05, 0) is 37.0 Å². The van der Waals surface area contributed by atoms with Crippen LogP contribution in [0, 0.1) is 5.92 Å². The maximum Gasteiger partial charge on any atom is 0.303 e. The number of amides is 1. The minimum absolute atomic E-state index is 0.0837. The fraction of sp³-hybridized carbons (Fsp3) is 0.353. The van der Waals surface area contributed by atoms with Gasteiger partial charge in [-0.3, -0.25) is 14.7 Å². The molecule has 2 heterocycles. The number of carboxylic acid groups (broad SMARTS) is 1. The number of likely N-dealkylation sites (tertiary alicyclic amines) is 1. The molecule has 6 nitrogen and oxygen atoms in total. The van der Waals surface area contributed by atoms with Crippen molar-refractivity contribution in [2.75, 3.05) is 13.1 Å². The number of carboxylic acids is 1. The maximum atomic E-state index is 12.6. The highest BCUT2D eigenvalue weighted by atomic mass is 79.9. The van der Waals surface area contributed by atoms with Crippen LogP contribution < -0.4 is 0 Å². The van der Waals surface area contributed by atoms with E-state index in [9.17, 15) is 9.59 Å². The molecule has 1 aromatic heterocycles. The van der Waals surface area contributed by atoms with Crippen LogP contribution in [0.15, 0.2) is 34.8 Å². The van der Waals surface area contributed by atoms with Crippen molar-refractivity contribution in [1.29, 1.82) is 0 Å². The molecule has 0 atom stereocenters. The first-order chi connectivity index (χ1) is 11.5. The molecular formula is C17H18BrN3O3. The summed E-state index contributed by atoms with van der Waals surface area (Å²) in [5.41, 5.74) is 2.13. The van der Waals surface area contributed by atoms with Crippen LogP contribution in [0.4, 0.5) is 0 Å². The van der Waals surface area contributed by atoms with Crippen molar-refractivity contribution < 1.29 is 14.7 Å². The molecule has 7 heteroatoms. The Morgan fingerprint density at radius 1 is 1.25 bits per heavy atom. The second kappa shape index (κ2) is 7.17. The second-order valence-corrected chi connectivity index (χ2v) is 6.92. The molecule has 1 amide bonds. The third-order valence-corrected chi connectivity index (χ3v) is 4.84. The summed E-state index contributed by atoms with van der Waals surface area (Å²) in [6.07, 6.45) is 1.64. The van der Waals surface area contributed by atoms with E-state index >= 15 is 0 Å². The van der Waals surface area contributed by atoms with Gasteiger partial charge in [0.25, 0.3) is 5.91 Å². The Kier molecular flexibility index (Phi) is 4.99. The first-order valence-corrected chi connectivity index (χ1v) is 8.64. The Morgan fingerprint density at radius 2 is 1.92 bits per heavy atom. The monoisotopic (exact) mass is 391 g/mol. The van der Waals surface area contributed by atoms with Gasteiger partial charge in [-0.25, -0.2) is 0 Å². The number of carbonyl (C=O) groups excluding carboxylic acids is 1. The quantitative estimate of drug-likeness (QED) is 0.837. The van der Waals surface area contributed by atoms with Crippen molar-refractivity contribution in [2.24, 2.45) is 5.92 Å². The molecule has 0 bridgehead atoms. The van der Waals surface area contributed by atoms with Crippen LogP contribution in [0.2, 0.25) is 0 Å². The van der Waals surface area contributed by atoms with E-state index in [1.165, 1.54) is 0 Å². The fourth-order valence-corrected chi connectivity index (χ4v) is 3.22. The highest BCUT2D eigenvalue weighted by molar-refractivity contribution is 9.10. The van der Waals surface area contributed by atoms with E-state index in [1.54, 1.807) is 11.0 Å². The number of H-pyrrole nitrogens is 1. The first kappa shape index (κ1) is 16.7. The summed E-state index contributed by atoms with van der Waals surface area (Å²) in [6, 6.07) is 9.49. The predicted molar refractivity (Wildman–Crippen MR) is 92.6 cm³/mol. The Morgan fingerprint density at radius 3 is 2.54 bits per heavy atom. The molecule has 126 valence electrons. The van der Waals surface area contributed by atoms with Gasteiger partial charge < -0.3 is 10.0 Å². The zero-order valence-corrected chi connectivity index (χ0v) is 14.6. The van der Waals surface area contributed by atoms with Crippen molar-refractivity contribution in [3.05, 3.63) is 40.5 Å². The summed E-state index contributed by atoms with van der Waals surface area (Å²) in [5.74, 6) is -0.696. The fourth-order valence-electron chi connectivity index (χ4n) is 2.96. The van der Waals surface area contributed by atoms with Gasteiger partial charge in [0.15, 0.2) is 0 Å². The van der Waals surface area contributed by atoms with E-state index in [0.717, 1.165) is 28.6 Å². The summed E-state index contributed by atoms with van der Waals surface area (Å²) < 4.78 is 0.988. The van der Waals surface area contributed by atoms with E-state index in [1.807, 2.05) is 24.3 Å². The van der Waals surface area contributed by atoms with Gasteiger partial charge in [-0.2, -0.15) is 5.10 Å².